The standard InChI is InChI=1S/C23H27N7O12S2/c1-23(2,21(37)38)42-29-16(11-9-43-22(24)27-11)19(35)28-17-12(30(20(17)36)44(39,40)41)8-15(33)25-5-6-26-18(34)10-3-4-13(31)14(32)7-10/h3-4,7,9,12,17,31-32H,5-6,8H2,1-2H3,(H2,24,27)(H,25,33)(H,26,34)(H,28,35)(H,37,38)(H,39,40,41)/b29-16+/t12-,17-/m0/s1. The lowest BCUT2D eigenvalue weighted by atomic mass is 9.94. The first-order valence-electron chi connectivity index (χ1n) is 12.3. The van der Waals surface area contributed by atoms with E-state index in [0.29, 0.717) is 0 Å². The number of nitrogens with zero attached hydrogens (tertiary/aromatic N) is 3. The number of oxime groups is 1. The van der Waals surface area contributed by atoms with Crippen LogP contribution in [0.2, 0.25) is 0 Å². The van der Waals surface area contributed by atoms with E-state index in [1.165, 1.54) is 11.4 Å². The third-order valence-corrected chi connectivity index (χ3v) is 7.55. The number of phenolic OH excluding ortho intramolecular Hbond substituents is 2. The summed E-state index contributed by atoms with van der Waals surface area (Å²) in [5, 5.41) is 40.0. The highest BCUT2D eigenvalue weighted by molar-refractivity contribution is 7.84. The summed E-state index contributed by atoms with van der Waals surface area (Å²) in [5.41, 5.74) is 2.94. The van der Waals surface area contributed by atoms with Gasteiger partial charge in [0.15, 0.2) is 22.3 Å². The number of hydrogen-bond donors (Lipinski definition) is 8. The van der Waals surface area contributed by atoms with E-state index in [2.05, 4.69) is 26.1 Å². The number of aliphatic carboxylic acids is 1. The fourth-order valence-electron chi connectivity index (χ4n) is 3.58. The van der Waals surface area contributed by atoms with Crippen molar-refractivity contribution in [2.75, 3.05) is 18.8 Å². The first-order valence-corrected chi connectivity index (χ1v) is 14.6. The van der Waals surface area contributed by atoms with Gasteiger partial charge in [0, 0.05) is 24.0 Å². The Labute approximate surface area is 252 Å². The van der Waals surface area contributed by atoms with Gasteiger partial charge in [-0.1, -0.05) is 5.16 Å². The van der Waals surface area contributed by atoms with Crippen LogP contribution >= 0.6 is 11.3 Å². The molecule has 0 unspecified atom stereocenters. The molecule has 1 aliphatic heterocycles. The van der Waals surface area contributed by atoms with E-state index in [0.717, 1.165) is 37.3 Å². The van der Waals surface area contributed by atoms with Gasteiger partial charge < -0.3 is 41.8 Å². The second-order valence-corrected chi connectivity index (χ2v) is 11.7. The Morgan fingerprint density at radius 2 is 1.82 bits per heavy atom. The monoisotopic (exact) mass is 657 g/mol. The first-order chi connectivity index (χ1) is 20.4. The van der Waals surface area contributed by atoms with Crippen molar-refractivity contribution >= 4 is 62.1 Å². The smallest absolute Gasteiger partial charge is 0.362 e. The summed E-state index contributed by atoms with van der Waals surface area (Å²) in [7, 11) is -5.15. The van der Waals surface area contributed by atoms with Crippen molar-refractivity contribution in [3.8, 4) is 11.5 Å². The minimum atomic E-state index is -5.15. The van der Waals surface area contributed by atoms with Crippen LogP contribution in [0.15, 0.2) is 28.7 Å². The van der Waals surface area contributed by atoms with Crippen molar-refractivity contribution in [2.24, 2.45) is 5.16 Å². The highest BCUT2D eigenvalue weighted by atomic mass is 32.2. The fourth-order valence-corrected chi connectivity index (χ4v) is 5.01. The summed E-state index contributed by atoms with van der Waals surface area (Å²) in [5.74, 6) is -6.30. The van der Waals surface area contributed by atoms with Crippen molar-refractivity contribution in [1.82, 2.24) is 25.2 Å². The van der Waals surface area contributed by atoms with Crippen LogP contribution in [-0.2, 0) is 34.3 Å². The molecule has 1 aliphatic rings. The summed E-state index contributed by atoms with van der Waals surface area (Å²) in [6.45, 7) is 1.99. The van der Waals surface area contributed by atoms with Crippen LogP contribution in [0.1, 0.15) is 36.3 Å². The number of carboxylic acids is 1. The molecule has 238 valence electrons. The number of nitrogen functional groups attached to an aromatic ring is 1. The zero-order chi connectivity index (χ0) is 33.0. The molecule has 1 fully saturated rings. The molecule has 19 nitrogen and oxygen atoms in total. The zero-order valence-corrected chi connectivity index (χ0v) is 24.5. The molecule has 2 heterocycles. The normalized spacial score (nSPS) is 16.9. The maximum absolute atomic E-state index is 13.1. The number of aromatic hydroxyl groups is 2. The lowest BCUT2D eigenvalue weighted by Crippen LogP contribution is -2.73. The van der Waals surface area contributed by atoms with E-state index in [1.807, 2.05) is 0 Å². The molecule has 0 saturated carbocycles. The van der Waals surface area contributed by atoms with E-state index < -0.39 is 81.2 Å². The first kappa shape index (κ1) is 33.5. The molecular weight excluding hydrogens is 630 g/mol. The molecule has 3 rings (SSSR count). The number of phenols is 2. The number of hydrogen-bond acceptors (Lipinski definition) is 14. The third kappa shape index (κ3) is 7.87. The zero-order valence-electron chi connectivity index (χ0n) is 22.9. The van der Waals surface area contributed by atoms with Gasteiger partial charge in [-0.05, 0) is 32.0 Å². The number of nitrogens with one attached hydrogen (secondary N) is 3. The molecule has 1 saturated heterocycles. The Kier molecular flexibility index (Phi) is 9.96. The van der Waals surface area contributed by atoms with Gasteiger partial charge in [0.05, 0.1) is 12.5 Å². The molecule has 1 aromatic heterocycles. The minimum absolute atomic E-state index is 0.00170. The fraction of sp³-hybridized carbons (Fsp3) is 0.348. The van der Waals surface area contributed by atoms with Crippen molar-refractivity contribution in [3.05, 3.63) is 34.8 Å². The minimum Gasteiger partial charge on any atom is -0.504 e. The molecule has 0 aliphatic carbocycles. The second-order valence-electron chi connectivity index (χ2n) is 9.56. The summed E-state index contributed by atoms with van der Waals surface area (Å²) in [4.78, 5) is 70.7. The number of aromatic nitrogens is 1. The largest absolute Gasteiger partial charge is 0.504 e. The molecule has 0 bridgehead atoms. The number of anilines is 1. The molecule has 4 amide bonds. The Hall–Kier alpha value is -5.02. The van der Waals surface area contributed by atoms with Gasteiger partial charge in [0.25, 0.3) is 17.7 Å². The van der Waals surface area contributed by atoms with Gasteiger partial charge in [-0.25, -0.2) is 14.1 Å². The number of carboxylic acid groups (broad SMARTS) is 1. The Bertz CT molecular complexity index is 1620. The van der Waals surface area contributed by atoms with Crippen molar-refractivity contribution in [1.29, 1.82) is 0 Å². The van der Waals surface area contributed by atoms with E-state index in [-0.39, 0.29) is 33.8 Å². The molecule has 2 aromatic rings. The number of carbonyl (C=O) groups is 5. The third-order valence-electron chi connectivity index (χ3n) is 5.93. The van der Waals surface area contributed by atoms with Crippen LogP contribution in [0.3, 0.4) is 0 Å². The molecular formula is C23H27N7O12S2. The number of amides is 4. The van der Waals surface area contributed by atoms with Crippen LogP contribution in [0, 0.1) is 0 Å². The summed E-state index contributed by atoms with van der Waals surface area (Å²) in [6.07, 6.45) is -0.727. The highest BCUT2D eigenvalue weighted by Crippen LogP contribution is 2.27. The quantitative estimate of drug-likeness (QED) is 0.0293. The number of benzene rings is 1. The maximum atomic E-state index is 13.1. The number of β-lactam (4-membered cyclic amide) rings is 1. The van der Waals surface area contributed by atoms with Gasteiger partial charge in [0.1, 0.15) is 11.7 Å². The van der Waals surface area contributed by atoms with Crippen molar-refractivity contribution in [3.63, 3.8) is 0 Å². The van der Waals surface area contributed by atoms with E-state index in [1.54, 1.807) is 0 Å². The number of rotatable bonds is 13. The number of nitrogens with two attached hydrogens (primary N) is 1. The highest BCUT2D eigenvalue weighted by Gasteiger charge is 2.54. The Morgan fingerprint density at radius 1 is 1.16 bits per heavy atom. The summed E-state index contributed by atoms with van der Waals surface area (Å²) in [6, 6.07) is 0.119. The van der Waals surface area contributed by atoms with Crippen LogP contribution < -0.4 is 21.7 Å². The van der Waals surface area contributed by atoms with Crippen LogP contribution in [0.25, 0.3) is 0 Å². The van der Waals surface area contributed by atoms with E-state index >= 15 is 0 Å². The average molecular weight is 658 g/mol. The SMILES string of the molecule is CC(C)(O/N=C(/C(=O)N[C@@H]1C(=O)N(S(=O)(=O)O)[C@H]1CC(=O)NCCNC(=O)c1ccc(O)c(O)c1)c1csc(N)n1)C(=O)O. The number of thiazole rings is 1. The van der Waals surface area contributed by atoms with Crippen LogP contribution in [0.5, 0.6) is 11.5 Å². The Morgan fingerprint density at radius 3 is 2.39 bits per heavy atom. The van der Waals surface area contributed by atoms with E-state index in [4.69, 9.17) is 10.6 Å². The predicted octanol–water partition coefficient (Wildman–Crippen LogP) is -1.84. The van der Waals surface area contributed by atoms with Crippen molar-refractivity contribution < 1.29 is 57.1 Å². The molecule has 0 radical (unpaired) electrons. The maximum Gasteiger partial charge on any atom is 0.362 e. The molecule has 21 heteroatoms. The molecule has 2 atom stereocenters. The molecule has 9 N–H and O–H groups in total. The molecule has 1 aromatic carbocycles. The van der Waals surface area contributed by atoms with Crippen LogP contribution in [-0.4, -0.2) is 104 Å². The molecule has 0 spiro atoms. The topological polar surface area (TPSA) is 300 Å². The lowest BCUT2D eigenvalue weighted by Gasteiger charge is -2.43. The molecule has 44 heavy (non-hydrogen) atoms. The average Bonchev–Trinajstić information content (AvgIpc) is 3.35. The van der Waals surface area contributed by atoms with E-state index in [9.17, 15) is 52.3 Å². The van der Waals surface area contributed by atoms with Crippen molar-refractivity contribution in [2.45, 2.75) is 38.0 Å². The van der Waals surface area contributed by atoms with Gasteiger partial charge in [-0.3, -0.25) is 23.7 Å². The van der Waals surface area contributed by atoms with Crippen LogP contribution in [0.4, 0.5) is 5.13 Å². The van der Waals surface area contributed by atoms with Gasteiger partial charge in [-0.2, -0.15) is 8.42 Å². The Balaban J connectivity index is 1.68. The van der Waals surface area contributed by atoms with Gasteiger partial charge >= 0.3 is 16.3 Å². The summed E-state index contributed by atoms with van der Waals surface area (Å²) < 4.78 is 33.1. The van der Waals surface area contributed by atoms with Gasteiger partial charge in [0.2, 0.25) is 11.5 Å². The lowest BCUT2D eigenvalue weighted by molar-refractivity contribution is -0.161. The van der Waals surface area contributed by atoms with Gasteiger partial charge in [-0.15, -0.1) is 11.3 Å². The second kappa shape index (κ2) is 13.1. The predicted molar refractivity (Wildman–Crippen MR) is 150 cm³/mol. The number of carbonyl (C=O) groups excluding carboxylic acids is 4. The summed E-state index contributed by atoms with van der Waals surface area (Å²) >= 11 is 0.899.